The number of ether oxygens (including phenoxy) is 1. The quantitative estimate of drug-likeness (QED) is 0.783. The summed E-state index contributed by atoms with van der Waals surface area (Å²) in [5, 5.41) is 10.3. The Morgan fingerprint density at radius 2 is 1.88 bits per heavy atom. The molecule has 0 saturated carbocycles. The highest BCUT2D eigenvalue weighted by atomic mass is 16.5. The molecular formula is C21H23N3O2. The molecule has 1 fully saturated rings. The summed E-state index contributed by atoms with van der Waals surface area (Å²) in [4.78, 5) is 11.8. The first-order valence-corrected chi connectivity index (χ1v) is 8.92. The van der Waals surface area contributed by atoms with Crippen molar-refractivity contribution >= 4 is 11.0 Å². The van der Waals surface area contributed by atoms with Crippen molar-refractivity contribution in [1.82, 2.24) is 14.9 Å². The van der Waals surface area contributed by atoms with Crippen LogP contribution in [0.4, 0.5) is 0 Å². The van der Waals surface area contributed by atoms with Gasteiger partial charge in [-0.15, -0.1) is 0 Å². The van der Waals surface area contributed by atoms with Gasteiger partial charge >= 0.3 is 0 Å². The summed E-state index contributed by atoms with van der Waals surface area (Å²) in [6.45, 7) is 3.31. The summed E-state index contributed by atoms with van der Waals surface area (Å²) in [6, 6.07) is 16.2. The number of fused-ring (bicyclic) bond motifs is 1. The minimum absolute atomic E-state index is 0.146. The number of aliphatic hydroxyl groups is 1. The van der Waals surface area contributed by atoms with Crippen LogP contribution < -0.4 is 4.74 Å². The maximum Gasteiger partial charge on any atom is 0.119 e. The Morgan fingerprint density at radius 1 is 1.12 bits per heavy atom. The van der Waals surface area contributed by atoms with E-state index in [4.69, 9.17) is 14.7 Å². The molecule has 1 aliphatic rings. The fourth-order valence-electron chi connectivity index (χ4n) is 3.72. The molecule has 5 heteroatoms. The van der Waals surface area contributed by atoms with Gasteiger partial charge in [0.05, 0.1) is 35.6 Å². The number of aromatic nitrogens is 2. The number of benzene rings is 2. The second kappa shape index (κ2) is 7.02. The Balaban J connectivity index is 1.64. The molecule has 0 spiro atoms. The van der Waals surface area contributed by atoms with Crippen molar-refractivity contribution in [2.45, 2.75) is 32.0 Å². The molecule has 1 aliphatic heterocycles. The van der Waals surface area contributed by atoms with E-state index in [-0.39, 0.29) is 12.1 Å². The third kappa shape index (κ3) is 3.28. The molecule has 2 aromatic carbocycles. The zero-order chi connectivity index (χ0) is 18.1. The maximum absolute atomic E-state index is 10.3. The lowest BCUT2D eigenvalue weighted by atomic mass is 10.0. The minimum atomic E-state index is -0.333. The maximum atomic E-state index is 10.3. The molecular weight excluding hydrogens is 326 g/mol. The van der Waals surface area contributed by atoms with Gasteiger partial charge in [0.25, 0.3) is 0 Å². The highest BCUT2D eigenvalue weighted by molar-refractivity contribution is 5.74. The zero-order valence-corrected chi connectivity index (χ0v) is 15.1. The molecule has 0 radical (unpaired) electrons. The predicted molar refractivity (Wildman–Crippen MR) is 101 cm³/mol. The molecule has 3 aromatic rings. The van der Waals surface area contributed by atoms with Crippen molar-refractivity contribution in [3.63, 3.8) is 0 Å². The lowest BCUT2D eigenvalue weighted by molar-refractivity contribution is 0.172. The van der Waals surface area contributed by atoms with Crippen LogP contribution in [0.25, 0.3) is 11.0 Å². The minimum Gasteiger partial charge on any atom is -0.497 e. The predicted octanol–water partition coefficient (Wildman–Crippen LogP) is 3.25. The molecule has 5 nitrogen and oxygen atoms in total. The van der Waals surface area contributed by atoms with Crippen LogP contribution in [0.5, 0.6) is 5.75 Å². The third-order valence-electron chi connectivity index (χ3n) is 5.06. The van der Waals surface area contributed by atoms with Gasteiger partial charge in [-0.25, -0.2) is 9.97 Å². The van der Waals surface area contributed by atoms with Crippen LogP contribution in [0.1, 0.15) is 29.4 Å². The second-order valence-electron chi connectivity index (χ2n) is 6.86. The Hall–Kier alpha value is -2.50. The second-order valence-corrected chi connectivity index (χ2v) is 6.86. The van der Waals surface area contributed by atoms with Crippen molar-refractivity contribution in [3.05, 3.63) is 65.5 Å². The number of methoxy groups -OCH3 is 1. The average Bonchev–Trinajstić information content (AvgIpc) is 3.02. The molecule has 0 amide bonds. The fourth-order valence-corrected chi connectivity index (χ4v) is 3.72. The molecule has 4 rings (SSSR count). The first-order chi connectivity index (χ1) is 12.6. The van der Waals surface area contributed by atoms with Crippen molar-refractivity contribution in [2.24, 2.45) is 0 Å². The lowest BCUT2D eigenvalue weighted by Crippen LogP contribution is -2.25. The van der Waals surface area contributed by atoms with Gasteiger partial charge in [-0.05, 0) is 43.2 Å². The Labute approximate surface area is 153 Å². The van der Waals surface area contributed by atoms with E-state index in [9.17, 15) is 5.11 Å². The summed E-state index contributed by atoms with van der Waals surface area (Å²) >= 11 is 0. The standard InChI is InChI=1S/C21H23N3O2/c1-14-20(23-19-9-4-3-8-18(19)22-14)13-24-12-16(25)11-21(24)15-6-5-7-17(10-15)26-2/h3-10,16,21,25H,11-13H2,1-2H3/t16-,21+/m0/s1. The fraction of sp³-hybridized carbons (Fsp3) is 0.333. The zero-order valence-electron chi connectivity index (χ0n) is 15.1. The first kappa shape index (κ1) is 16.9. The molecule has 1 saturated heterocycles. The van der Waals surface area contributed by atoms with E-state index in [1.54, 1.807) is 7.11 Å². The van der Waals surface area contributed by atoms with Crippen LogP contribution in [0.15, 0.2) is 48.5 Å². The molecule has 134 valence electrons. The van der Waals surface area contributed by atoms with E-state index >= 15 is 0 Å². The average molecular weight is 349 g/mol. The number of aryl methyl sites for hydroxylation is 1. The number of hydrogen-bond acceptors (Lipinski definition) is 5. The first-order valence-electron chi connectivity index (χ1n) is 8.92. The van der Waals surface area contributed by atoms with Gasteiger partial charge in [0.15, 0.2) is 0 Å². The smallest absolute Gasteiger partial charge is 0.119 e. The molecule has 0 bridgehead atoms. The molecule has 0 aliphatic carbocycles. The van der Waals surface area contributed by atoms with E-state index in [1.807, 2.05) is 43.3 Å². The summed E-state index contributed by atoms with van der Waals surface area (Å²) in [5.74, 6) is 0.838. The number of hydrogen-bond donors (Lipinski definition) is 1. The Bertz CT molecular complexity index is 928. The topological polar surface area (TPSA) is 58.5 Å². The van der Waals surface area contributed by atoms with Crippen LogP contribution in [-0.2, 0) is 6.54 Å². The SMILES string of the molecule is COc1cccc([C@H]2C[C@H](O)CN2Cc2nc3ccccc3nc2C)c1. The third-order valence-corrected chi connectivity index (χ3v) is 5.06. The van der Waals surface area contributed by atoms with Crippen molar-refractivity contribution in [2.75, 3.05) is 13.7 Å². The molecule has 2 atom stereocenters. The Kier molecular flexibility index (Phi) is 4.57. The van der Waals surface area contributed by atoms with E-state index in [0.29, 0.717) is 19.5 Å². The van der Waals surface area contributed by atoms with Crippen LogP contribution in [0.3, 0.4) is 0 Å². The number of β-amino-alcohol motifs (C(OH)–C–C–N with tert-alkyl or cyclic N) is 1. The van der Waals surface area contributed by atoms with Gasteiger partial charge in [0, 0.05) is 19.1 Å². The van der Waals surface area contributed by atoms with Crippen molar-refractivity contribution in [1.29, 1.82) is 0 Å². The van der Waals surface area contributed by atoms with Crippen LogP contribution >= 0.6 is 0 Å². The van der Waals surface area contributed by atoms with E-state index in [2.05, 4.69) is 17.0 Å². The molecule has 1 N–H and O–H groups in total. The van der Waals surface area contributed by atoms with Gasteiger partial charge in [-0.3, -0.25) is 4.90 Å². The number of likely N-dealkylation sites (tertiary alicyclic amines) is 1. The number of rotatable bonds is 4. The Morgan fingerprint density at radius 3 is 2.65 bits per heavy atom. The number of aliphatic hydroxyl groups excluding tert-OH is 1. The van der Waals surface area contributed by atoms with Crippen molar-refractivity contribution in [3.8, 4) is 5.75 Å². The molecule has 26 heavy (non-hydrogen) atoms. The highest BCUT2D eigenvalue weighted by Gasteiger charge is 2.32. The van der Waals surface area contributed by atoms with Gasteiger partial charge < -0.3 is 9.84 Å². The number of para-hydroxylation sites is 2. The van der Waals surface area contributed by atoms with E-state index in [1.165, 1.54) is 0 Å². The van der Waals surface area contributed by atoms with Crippen LogP contribution in [0, 0.1) is 6.92 Å². The van der Waals surface area contributed by atoms with Crippen LogP contribution in [-0.4, -0.2) is 39.7 Å². The molecule has 1 aromatic heterocycles. The van der Waals surface area contributed by atoms with Gasteiger partial charge in [0.2, 0.25) is 0 Å². The monoisotopic (exact) mass is 349 g/mol. The molecule has 0 unspecified atom stereocenters. The lowest BCUT2D eigenvalue weighted by Gasteiger charge is -2.25. The van der Waals surface area contributed by atoms with Crippen molar-refractivity contribution < 1.29 is 9.84 Å². The van der Waals surface area contributed by atoms with Gasteiger partial charge in [-0.2, -0.15) is 0 Å². The summed E-state index contributed by atoms with van der Waals surface area (Å²) in [5.41, 5.74) is 4.89. The normalized spacial score (nSPS) is 20.6. The molecule has 2 heterocycles. The summed E-state index contributed by atoms with van der Waals surface area (Å²) in [6.07, 6.45) is 0.382. The van der Waals surface area contributed by atoms with E-state index < -0.39 is 0 Å². The summed E-state index contributed by atoms with van der Waals surface area (Å²) < 4.78 is 5.36. The number of nitrogens with zero attached hydrogens (tertiary/aromatic N) is 3. The summed E-state index contributed by atoms with van der Waals surface area (Å²) in [7, 11) is 1.68. The highest BCUT2D eigenvalue weighted by Crippen LogP contribution is 2.35. The van der Waals surface area contributed by atoms with Crippen LogP contribution in [0.2, 0.25) is 0 Å². The van der Waals surface area contributed by atoms with Gasteiger partial charge in [0.1, 0.15) is 5.75 Å². The van der Waals surface area contributed by atoms with E-state index in [0.717, 1.165) is 33.7 Å². The van der Waals surface area contributed by atoms with Gasteiger partial charge in [-0.1, -0.05) is 24.3 Å². The largest absolute Gasteiger partial charge is 0.497 e.